The highest BCUT2D eigenvalue weighted by molar-refractivity contribution is 5.91. The fraction of sp³-hybridized carbons (Fsp3) is 0.133. The average molecular weight is 283 g/mol. The molecule has 0 aliphatic heterocycles. The molecule has 106 valence electrons. The second-order valence-corrected chi connectivity index (χ2v) is 4.49. The van der Waals surface area contributed by atoms with Gasteiger partial charge >= 0.3 is 0 Å². The van der Waals surface area contributed by atoms with Gasteiger partial charge in [-0.2, -0.15) is 4.98 Å². The van der Waals surface area contributed by atoms with Crippen molar-refractivity contribution in [2.45, 2.75) is 13.0 Å². The Labute approximate surface area is 120 Å². The summed E-state index contributed by atoms with van der Waals surface area (Å²) >= 11 is 0. The van der Waals surface area contributed by atoms with Crippen LogP contribution in [-0.4, -0.2) is 16.0 Å². The molecular weight excluding hydrogens is 270 g/mol. The van der Waals surface area contributed by atoms with Crippen molar-refractivity contribution in [1.82, 2.24) is 15.5 Å². The first kappa shape index (κ1) is 13.1. The van der Waals surface area contributed by atoms with Crippen LogP contribution in [0.2, 0.25) is 0 Å². The third kappa shape index (κ3) is 2.84. The first-order valence-corrected chi connectivity index (χ1v) is 6.47. The maximum Gasteiger partial charge on any atom is 0.287 e. The van der Waals surface area contributed by atoms with Gasteiger partial charge < -0.3 is 14.3 Å². The Hall–Kier alpha value is -2.89. The molecule has 0 saturated carbocycles. The van der Waals surface area contributed by atoms with Crippen LogP contribution in [0.5, 0.6) is 0 Å². The topological polar surface area (TPSA) is 81.2 Å². The van der Waals surface area contributed by atoms with Crippen LogP contribution in [0.15, 0.2) is 57.7 Å². The van der Waals surface area contributed by atoms with Crippen LogP contribution in [0.3, 0.4) is 0 Å². The Kier molecular flexibility index (Phi) is 3.51. The van der Waals surface area contributed by atoms with Crippen molar-refractivity contribution >= 4 is 5.91 Å². The molecule has 0 radical (unpaired) electrons. The number of furan rings is 1. The average Bonchev–Trinajstić information content (AvgIpc) is 3.20. The molecule has 21 heavy (non-hydrogen) atoms. The lowest BCUT2D eigenvalue weighted by atomic mass is 10.2. The fourth-order valence-corrected chi connectivity index (χ4v) is 1.85. The van der Waals surface area contributed by atoms with Gasteiger partial charge in [0, 0.05) is 5.56 Å². The molecule has 0 aliphatic carbocycles. The van der Waals surface area contributed by atoms with Gasteiger partial charge in [-0.1, -0.05) is 35.5 Å². The van der Waals surface area contributed by atoms with Gasteiger partial charge in [-0.25, -0.2) is 0 Å². The van der Waals surface area contributed by atoms with Gasteiger partial charge in [-0.05, 0) is 19.1 Å². The van der Waals surface area contributed by atoms with Crippen LogP contribution in [0.4, 0.5) is 0 Å². The molecule has 0 fully saturated rings. The Morgan fingerprint density at radius 1 is 1.19 bits per heavy atom. The van der Waals surface area contributed by atoms with Crippen molar-refractivity contribution in [3.63, 3.8) is 0 Å². The van der Waals surface area contributed by atoms with Gasteiger partial charge in [0.05, 0.1) is 6.26 Å². The number of hydrogen-bond donors (Lipinski definition) is 1. The first-order chi connectivity index (χ1) is 10.2. The van der Waals surface area contributed by atoms with Gasteiger partial charge in [-0.15, -0.1) is 0 Å². The zero-order valence-electron chi connectivity index (χ0n) is 11.3. The highest BCUT2D eigenvalue weighted by Crippen LogP contribution is 2.18. The van der Waals surface area contributed by atoms with E-state index in [1.807, 2.05) is 30.3 Å². The van der Waals surface area contributed by atoms with Crippen molar-refractivity contribution in [3.05, 3.63) is 60.4 Å². The number of nitrogens with one attached hydrogen (secondary N) is 1. The van der Waals surface area contributed by atoms with Gasteiger partial charge in [0.1, 0.15) is 6.04 Å². The molecule has 1 atom stereocenters. The number of rotatable bonds is 4. The Bertz CT molecular complexity index is 720. The number of carbonyl (C=O) groups is 1. The number of nitrogens with zero attached hydrogens (tertiary/aromatic N) is 2. The number of aromatic nitrogens is 2. The third-order valence-corrected chi connectivity index (χ3v) is 2.94. The first-order valence-electron chi connectivity index (χ1n) is 6.47. The number of amides is 1. The van der Waals surface area contributed by atoms with Crippen LogP contribution in [-0.2, 0) is 0 Å². The van der Waals surface area contributed by atoms with E-state index in [1.54, 1.807) is 19.1 Å². The maximum atomic E-state index is 11.9. The van der Waals surface area contributed by atoms with Crippen molar-refractivity contribution in [3.8, 4) is 11.4 Å². The summed E-state index contributed by atoms with van der Waals surface area (Å²) < 4.78 is 10.2. The molecular formula is C15H13N3O3. The van der Waals surface area contributed by atoms with Gasteiger partial charge in [-0.3, -0.25) is 4.79 Å². The van der Waals surface area contributed by atoms with E-state index in [1.165, 1.54) is 6.26 Å². The molecule has 1 aromatic carbocycles. The number of benzene rings is 1. The summed E-state index contributed by atoms with van der Waals surface area (Å²) in [5, 5.41) is 6.65. The number of hydrogen-bond acceptors (Lipinski definition) is 5. The Morgan fingerprint density at radius 2 is 2.00 bits per heavy atom. The molecule has 3 aromatic rings. The molecule has 0 saturated heterocycles. The highest BCUT2D eigenvalue weighted by Gasteiger charge is 2.19. The van der Waals surface area contributed by atoms with E-state index in [2.05, 4.69) is 15.5 Å². The lowest BCUT2D eigenvalue weighted by Gasteiger charge is -2.07. The van der Waals surface area contributed by atoms with Crippen molar-refractivity contribution in [2.24, 2.45) is 0 Å². The van der Waals surface area contributed by atoms with Gasteiger partial charge in [0.2, 0.25) is 11.7 Å². The molecule has 2 heterocycles. The number of carbonyl (C=O) groups excluding carboxylic acids is 1. The summed E-state index contributed by atoms with van der Waals surface area (Å²) in [4.78, 5) is 16.2. The minimum absolute atomic E-state index is 0.240. The van der Waals surface area contributed by atoms with E-state index in [9.17, 15) is 4.79 Å². The highest BCUT2D eigenvalue weighted by atomic mass is 16.5. The smallest absolute Gasteiger partial charge is 0.287 e. The summed E-state index contributed by atoms with van der Waals surface area (Å²) in [6, 6.07) is 12.3. The summed E-state index contributed by atoms with van der Waals surface area (Å²) in [6.07, 6.45) is 1.44. The van der Waals surface area contributed by atoms with E-state index in [-0.39, 0.29) is 11.7 Å². The quantitative estimate of drug-likeness (QED) is 0.796. The lowest BCUT2D eigenvalue weighted by molar-refractivity contribution is 0.0904. The molecule has 3 rings (SSSR count). The largest absolute Gasteiger partial charge is 0.459 e. The van der Waals surface area contributed by atoms with E-state index in [0.717, 1.165) is 5.56 Å². The monoisotopic (exact) mass is 283 g/mol. The lowest BCUT2D eigenvalue weighted by Crippen LogP contribution is -2.26. The normalized spacial score (nSPS) is 12.0. The van der Waals surface area contributed by atoms with Crippen LogP contribution >= 0.6 is 0 Å². The molecule has 0 aliphatic rings. The predicted molar refractivity (Wildman–Crippen MR) is 74.3 cm³/mol. The molecule has 0 bridgehead atoms. The van der Waals surface area contributed by atoms with Crippen molar-refractivity contribution in [1.29, 1.82) is 0 Å². The SMILES string of the molecule is C[C@H](NC(=O)c1ccco1)c1nc(-c2ccccc2)no1. The Balaban J connectivity index is 1.73. The van der Waals surface area contributed by atoms with Crippen LogP contribution in [0.1, 0.15) is 29.4 Å². The molecule has 6 nitrogen and oxygen atoms in total. The van der Waals surface area contributed by atoms with E-state index in [4.69, 9.17) is 8.94 Å². The second kappa shape index (κ2) is 5.62. The summed E-state index contributed by atoms with van der Waals surface area (Å²) in [6.45, 7) is 1.77. The van der Waals surface area contributed by atoms with E-state index in [0.29, 0.717) is 11.7 Å². The molecule has 0 unspecified atom stereocenters. The van der Waals surface area contributed by atoms with E-state index >= 15 is 0 Å². The van der Waals surface area contributed by atoms with E-state index < -0.39 is 6.04 Å². The van der Waals surface area contributed by atoms with Gasteiger partial charge in [0.25, 0.3) is 5.91 Å². The van der Waals surface area contributed by atoms with Crippen molar-refractivity contribution < 1.29 is 13.7 Å². The summed E-state index contributed by atoms with van der Waals surface area (Å²) in [7, 11) is 0. The molecule has 2 aromatic heterocycles. The molecule has 0 spiro atoms. The fourth-order valence-electron chi connectivity index (χ4n) is 1.85. The van der Waals surface area contributed by atoms with Gasteiger partial charge in [0.15, 0.2) is 5.76 Å². The molecule has 6 heteroatoms. The third-order valence-electron chi connectivity index (χ3n) is 2.94. The Morgan fingerprint density at radius 3 is 2.71 bits per heavy atom. The van der Waals surface area contributed by atoms with Crippen LogP contribution in [0, 0.1) is 0 Å². The zero-order chi connectivity index (χ0) is 14.7. The zero-order valence-corrected chi connectivity index (χ0v) is 11.3. The summed E-state index contributed by atoms with van der Waals surface area (Å²) in [5.74, 6) is 0.745. The minimum atomic E-state index is -0.410. The second-order valence-electron chi connectivity index (χ2n) is 4.49. The molecule has 1 N–H and O–H groups in total. The molecule has 1 amide bonds. The van der Waals surface area contributed by atoms with Crippen LogP contribution in [0.25, 0.3) is 11.4 Å². The predicted octanol–water partition coefficient (Wildman–Crippen LogP) is 2.82. The van der Waals surface area contributed by atoms with Crippen molar-refractivity contribution in [2.75, 3.05) is 0 Å². The van der Waals surface area contributed by atoms with Crippen LogP contribution < -0.4 is 5.32 Å². The maximum absolute atomic E-state index is 11.9. The standard InChI is InChI=1S/C15H13N3O3/c1-10(16-14(19)12-8-5-9-20-12)15-17-13(18-21-15)11-6-3-2-4-7-11/h2-10H,1H3,(H,16,19)/t10-/m0/s1. The summed E-state index contributed by atoms with van der Waals surface area (Å²) in [5.41, 5.74) is 0.858. The minimum Gasteiger partial charge on any atom is -0.459 e.